The third kappa shape index (κ3) is 3.16. The predicted octanol–water partition coefficient (Wildman–Crippen LogP) is 3.21. The number of hydrogen-bond acceptors (Lipinski definition) is 2. The summed E-state index contributed by atoms with van der Waals surface area (Å²) < 4.78 is 0. The summed E-state index contributed by atoms with van der Waals surface area (Å²) in [5.41, 5.74) is 0.439. The van der Waals surface area contributed by atoms with Crippen molar-refractivity contribution in [3.05, 3.63) is 0 Å². The van der Waals surface area contributed by atoms with Gasteiger partial charge in [-0.05, 0) is 51.3 Å². The lowest BCUT2D eigenvalue weighted by Gasteiger charge is -2.34. The quantitative estimate of drug-likeness (QED) is 0.689. The third-order valence-corrected chi connectivity index (χ3v) is 4.02. The van der Waals surface area contributed by atoms with Crippen molar-refractivity contribution in [2.24, 2.45) is 5.92 Å². The smallest absolute Gasteiger partial charge is 0.0153 e. The predicted molar refractivity (Wildman–Crippen MR) is 67.1 cm³/mol. The lowest BCUT2D eigenvalue weighted by molar-refractivity contribution is 0.150. The van der Waals surface area contributed by atoms with E-state index in [-0.39, 0.29) is 0 Å². The summed E-state index contributed by atoms with van der Waals surface area (Å²) in [6, 6.07) is 0. The molecule has 0 radical (unpaired) electrons. The molecule has 0 saturated carbocycles. The van der Waals surface area contributed by atoms with Crippen LogP contribution in [0.25, 0.3) is 0 Å². The summed E-state index contributed by atoms with van der Waals surface area (Å²) in [4.78, 5) is 2.66. The first kappa shape index (κ1) is 12.4. The highest BCUT2D eigenvalue weighted by Crippen LogP contribution is 2.29. The molecule has 14 heavy (non-hydrogen) atoms. The highest BCUT2D eigenvalue weighted by molar-refractivity contribution is 7.80. The Kier molecular flexibility index (Phi) is 4.78. The minimum Gasteiger partial charge on any atom is -0.298 e. The molecule has 0 aromatic carbocycles. The minimum atomic E-state index is 0.439. The molecule has 0 bridgehead atoms. The van der Waals surface area contributed by atoms with Crippen LogP contribution in [0.5, 0.6) is 0 Å². The van der Waals surface area contributed by atoms with Crippen molar-refractivity contribution in [2.75, 3.05) is 18.8 Å². The Morgan fingerprint density at radius 2 is 2.14 bits per heavy atom. The Bertz CT molecular complexity index is 168. The fourth-order valence-corrected chi connectivity index (χ4v) is 2.76. The van der Waals surface area contributed by atoms with E-state index < -0.39 is 0 Å². The molecule has 0 amide bonds. The second-order valence-corrected chi connectivity index (χ2v) is 5.56. The van der Waals surface area contributed by atoms with Gasteiger partial charge in [0.25, 0.3) is 0 Å². The van der Waals surface area contributed by atoms with Crippen LogP contribution in [0.15, 0.2) is 0 Å². The van der Waals surface area contributed by atoms with Crippen molar-refractivity contribution in [1.82, 2.24) is 4.90 Å². The fourth-order valence-electron chi connectivity index (χ4n) is 2.46. The Morgan fingerprint density at radius 1 is 1.43 bits per heavy atom. The molecular formula is C12H25NS. The molecule has 0 aromatic heterocycles. The van der Waals surface area contributed by atoms with Crippen molar-refractivity contribution < 1.29 is 0 Å². The summed E-state index contributed by atoms with van der Waals surface area (Å²) in [5.74, 6) is 1.83. The zero-order chi connectivity index (χ0) is 10.6. The first-order chi connectivity index (χ1) is 6.60. The van der Waals surface area contributed by atoms with Crippen LogP contribution in [-0.2, 0) is 0 Å². The molecule has 0 spiro atoms. The molecule has 0 aromatic rings. The van der Waals surface area contributed by atoms with Crippen molar-refractivity contribution >= 4 is 12.6 Å². The molecular weight excluding hydrogens is 190 g/mol. The van der Waals surface area contributed by atoms with Crippen LogP contribution in [0.1, 0.15) is 46.5 Å². The van der Waals surface area contributed by atoms with Crippen LogP contribution in [0, 0.1) is 5.92 Å². The Balaban J connectivity index is 2.41. The second kappa shape index (κ2) is 5.41. The van der Waals surface area contributed by atoms with Crippen LogP contribution in [0.3, 0.4) is 0 Å². The van der Waals surface area contributed by atoms with E-state index in [9.17, 15) is 0 Å². The number of nitrogens with zero attached hydrogens (tertiary/aromatic N) is 1. The van der Waals surface area contributed by atoms with Gasteiger partial charge < -0.3 is 0 Å². The summed E-state index contributed by atoms with van der Waals surface area (Å²) in [5, 5.41) is 0. The van der Waals surface area contributed by atoms with Gasteiger partial charge in [0.05, 0.1) is 0 Å². The van der Waals surface area contributed by atoms with Gasteiger partial charge in [-0.25, -0.2) is 0 Å². The summed E-state index contributed by atoms with van der Waals surface area (Å²) in [6.07, 6.45) is 5.35. The maximum absolute atomic E-state index is 4.45. The van der Waals surface area contributed by atoms with Crippen molar-refractivity contribution in [3.8, 4) is 0 Å². The molecule has 0 aliphatic carbocycles. The summed E-state index contributed by atoms with van der Waals surface area (Å²) >= 11 is 4.45. The number of likely N-dealkylation sites (tertiary alicyclic amines) is 1. The Hall–Kier alpha value is 0.310. The van der Waals surface area contributed by atoms with E-state index in [1.165, 1.54) is 38.8 Å². The van der Waals surface area contributed by atoms with Gasteiger partial charge in [0.2, 0.25) is 0 Å². The average Bonchev–Trinajstić information content (AvgIpc) is 2.45. The number of rotatable bonds is 5. The molecule has 1 fully saturated rings. The molecule has 1 aliphatic heterocycles. The molecule has 1 nitrogen and oxygen atoms in total. The summed E-state index contributed by atoms with van der Waals surface area (Å²) in [6.45, 7) is 9.57. The van der Waals surface area contributed by atoms with Gasteiger partial charge in [0.15, 0.2) is 0 Å². The van der Waals surface area contributed by atoms with Gasteiger partial charge in [-0.15, -0.1) is 0 Å². The van der Waals surface area contributed by atoms with E-state index in [4.69, 9.17) is 0 Å². The maximum Gasteiger partial charge on any atom is 0.0153 e. The molecule has 1 saturated heterocycles. The topological polar surface area (TPSA) is 3.24 Å². The van der Waals surface area contributed by atoms with Crippen LogP contribution in [0.2, 0.25) is 0 Å². The monoisotopic (exact) mass is 215 g/mol. The second-order valence-electron chi connectivity index (χ2n) is 5.20. The van der Waals surface area contributed by atoms with Crippen molar-refractivity contribution in [2.45, 2.75) is 52.0 Å². The van der Waals surface area contributed by atoms with Gasteiger partial charge in [-0.3, -0.25) is 4.90 Å². The van der Waals surface area contributed by atoms with Gasteiger partial charge >= 0.3 is 0 Å². The van der Waals surface area contributed by atoms with E-state index in [0.29, 0.717) is 5.54 Å². The minimum absolute atomic E-state index is 0.439. The standard InChI is InChI=1S/C12H25NS/c1-4-6-11(10-14)9-13-8-5-7-12(13,2)3/h11,14H,4-10H2,1-3H3. The molecule has 1 atom stereocenters. The molecule has 84 valence electrons. The lowest BCUT2D eigenvalue weighted by atomic mass is 9.99. The van der Waals surface area contributed by atoms with E-state index in [0.717, 1.165) is 11.7 Å². The third-order valence-electron chi connectivity index (χ3n) is 3.51. The first-order valence-electron chi connectivity index (χ1n) is 5.96. The van der Waals surface area contributed by atoms with Crippen LogP contribution in [0.4, 0.5) is 0 Å². The highest BCUT2D eigenvalue weighted by Gasteiger charge is 2.32. The number of thiol groups is 1. The highest BCUT2D eigenvalue weighted by atomic mass is 32.1. The van der Waals surface area contributed by atoms with Crippen LogP contribution in [-0.4, -0.2) is 29.3 Å². The molecule has 0 N–H and O–H groups in total. The molecule has 1 unspecified atom stereocenters. The van der Waals surface area contributed by atoms with E-state index in [1.54, 1.807) is 0 Å². The van der Waals surface area contributed by atoms with Gasteiger partial charge in [-0.2, -0.15) is 12.6 Å². The first-order valence-corrected chi connectivity index (χ1v) is 6.59. The van der Waals surface area contributed by atoms with Gasteiger partial charge in [0, 0.05) is 12.1 Å². The number of hydrogen-bond donors (Lipinski definition) is 1. The summed E-state index contributed by atoms with van der Waals surface area (Å²) in [7, 11) is 0. The molecule has 1 rings (SSSR count). The zero-order valence-electron chi connectivity index (χ0n) is 9.92. The largest absolute Gasteiger partial charge is 0.298 e. The fraction of sp³-hybridized carbons (Fsp3) is 1.00. The Labute approximate surface area is 94.7 Å². The Morgan fingerprint density at radius 3 is 2.57 bits per heavy atom. The maximum atomic E-state index is 4.45. The van der Waals surface area contributed by atoms with E-state index in [1.807, 2.05) is 0 Å². The lowest BCUT2D eigenvalue weighted by Crippen LogP contribution is -2.41. The van der Waals surface area contributed by atoms with Crippen LogP contribution < -0.4 is 0 Å². The van der Waals surface area contributed by atoms with Crippen molar-refractivity contribution in [1.29, 1.82) is 0 Å². The SMILES string of the molecule is CCCC(CS)CN1CCCC1(C)C. The molecule has 2 heteroatoms. The van der Waals surface area contributed by atoms with Gasteiger partial charge in [0.1, 0.15) is 0 Å². The molecule has 1 heterocycles. The van der Waals surface area contributed by atoms with Crippen molar-refractivity contribution in [3.63, 3.8) is 0 Å². The van der Waals surface area contributed by atoms with Crippen LogP contribution >= 0.6 is 12.6 Å². The van der Waals surface area contributed by atoms with Gasteiger partial charge in [-0.1, -0.05) is 13.3 Å². The normalized spacial score (nSPS) is 24.0. The molecule has 1 aliphatic rings. The van der Waals surface area contributed by atoms with E-state index in [2.05, 4.69) is 38.3 Å². The average molecular weight is 215 g/mol. The zero-order valence-corrected chi connectivity index (χ0v) is 10.8. The van der Waals surface area contributed by atoms with E-state index >= 15 is 0 Å².